The lowest BCUT2D eigenvalue weighted by atomic mass is 10.1. The summed E-state index contributed by atoms with van der Waals surface area (Å²) in [6, 6.07) is 11.6. The molecule has 3 aromatic rings. The Balaban J connectivity index is 1.59. The van der Waals surface area contributed by atoms with E-state index in [4.69, 9.17) is 21.1 Å². The van der Waals surface area contributed by atoms with Crippen molar-refractivity contribution >= 4 is 40.2 Å². The summed E-state index contributed by atoms with van der Waals surface area (Å²) in [6.45, 7) is 5.97. The van der Waals surface area contributed by atoms with E-state index in [0.717, 1.165) is 6.54 Å². The summed E-state index contributed by atoms with van der Waals surface area (Å²) >= 11 is 6.33. The molecule has 1 saturated heterocycles. The normalized spacial score (nSPS) is 19.3. The van der Waals surface area contributed by atoms with E-state index in [2.05, 4.69) is 28.9 Å². The van der Waals surface area contributed by atoms with E-state index in [1.54, 1.807) is 4.90 Å². The van der Waals surface area contributed by atoms with Crippen LogP contribution < -0.4 is 0 Å². The molecular weight excluding hydrogens is 434 g/mol. The SMILES string of the molecule is C[C@@H]1CN(Cc2ccccc2)[C@@H](C)CN1C(=O)c1nc2c(C(=O)C(=O)O)occ2cc1Cl. The molecule has 0 unspecified atom stereocenters. The standard InChI is InChI=1S/C23H22ClN3O5/c1-13-10-27(14(2)9-26(13)11-15-6-4-3-5-7-15)22(29)19-17(24)8-16-12-32-21(18(16)25-19)20(28)23(30)31/h3-8,12-14H,9-11H2,1-2H3,(H,30,31)/t13-,14+/m0/s1. The quantitative estimate of drug-likeness (QED) is 0.464. The first kappa shape index (κ1) is 22.0. The molecule has 4 rings (SSSR count). The van der Waals surface area contributed by atoms with Gasteiger partial charge in [-0.3, -0.25) is 14.5 Å². The second kappa shape index (κ2) is 8.72. The number of rotatable bonds is 5. The van der Waals surface area contributed by atoms with E-state index in [-0.39, 0.29) is 34.2 Å². The number of carboxylic acids is 1. The number of carboxylic acid groups (broad SMARTS) is 1. The number of pyridine rings is 1. The van der Waals surface area contributed by atoms with E-state index >= 15 is 0 Å². The molecular formula is C23H22ClN3O5. The molecule has 3 heterocycles. The third kappa shape index (κ3) is 4.11. The molecule has 1 aliphatic heterocycles. The minimum absolute atomic E-state index is 0.00793. The Kier molecular flexibility index (Phi) is 5.99. The average Bonchev–Trinajstić information content (AvgIpc) is 3.17. The van der Waals surface area contributed by atoms with Gasteiger partial charge >= 0.3 is 11.8 Å². The fourth-order valence-electron chi connectivity index (χ4n) is 4.02. The molecule has 9 heteroatoms. The van der Waals surface area contributed by atoms with Crippen LogP contribution >= 0.6 is 11.6 Å². The molecule has 0 spiro atoms. The Bertz CT molecular complexity index is 1190. The molecule has 0 radical (unpaired) electrons. The Hall–Kier alpha value is -3.23. The van der Waals surface area contributed by atoms with Crippen molar-refractivity contribution in [2.75, 3.05) is 13.1 Å². The van der Waals surface area contributed by atoms with Gasteiger partial charge in [0.05, 0.1) is 5.02 Å². The van der Waals surface area contributed by atoms with Gasteiger partial charge in [0.1, 0.15) is 17.5 Å². The van der Waals surface area contributed by atoms with Crippen LogP contribution in [0.5, 0.6) is 0 Å². The fourth-order valence-corrected chi connectivity index (χ4v) is 4.26. The van der Waals surface area contributed by atoms with Gasteiger partial charge in [-0.1, -0.05) is 41.9 Å². The van der Waals surface area contributed by atoms with Crippen molar-refractivity contribution < 1.29 is 23.9 Å². The average molecular weight is 456 g/mol. The number of halogens is 1. The molecule has 0 aliphatic carbocycles. The number of aliphatic carboxylic acids is 1. The third-order valence-corrected chi connectivity index (χ3v) is 6.02. The summed E-state index contributed by atoms with van der Waals surface area (Å²) in [5.74, 6) is -3.69. The van der Waals surface area contributed by atoms with Crippen molar-refractivity contribution in [2.24, 2.45) is 0 Å². The van der Waals surface area contributed by atoms with Crippen LogP contribution in [0.2, 0.25) is 5.02 Å². The van der Waals surface area contributed by atoms with Gasteiger partial charge in [0.15, 0.2) is 0 Å². The molecule has 1 N–H and O–H groups in total. The molecule has 1 amide bonds. The molecule has 166 valence electrons. The van der Waals surface area contributed by atoms with Crippen LogP contribution in [0.4, 0.5) is 0 Å². The number of amides is 1. The minimum atomic E-state index is -1.66. The highest BCUT2D eigenvalue weighted by Crippen LogP contribution is 2.28. The summed E-state index contributed by atoms with van der Waals surface area (Å²) in [7, 11) is 0. The zero-order valence-electron chi connectivity index (χ0n) is 17.6. The van der Waals surface area contributed by atoms with Crippen LogP contribution in [0.25, 0.3) is 10.9 Å². The Morgan fingerprint density at radius 2 is 1.88 bits per heavy atom. The highest BCUT2D eigenvalue weighted by atomic mass is 35.5. The second-order valence-corrected chi connectivity index (χ2v) is 8.43. The first-order valence-electron chi connectivity index (χ1n) is 10.2. The number of nitrogens with zero attached hydrogens (tertiary/aromatic N) is 3. The fraction of sp³-hybridized carbons (Fsp3) is 0.304. The minimum Gasteiger partial charge on any atom is -0.475 e. The van der Waals surface area contributed by atoms with Gasteiger partial charge in [-0.25, -0.2) is 9.78 Å². The van der Waals surface area contributed by atoms with Gasteiger partial charge in [0.25, 0.3) is 5.91 Å². The van der Waals surface area contributed by atoms with E-state index in [1.165, 1.54) is 17.9 Å². The summed E-state index contributed by atoms with van der Waals surface area (Å²) in [5, 5.41) is 9.47. The topological polar surface area (TPSA) is 104 Å². The van der Waals surface area contributed by atoms with Gasteiger partial charge in [0.2, 0.25) is 5.76 Å². The van der Waals surface area contributed by atoms with Gasteiger partial charge in [-0.05, 0) is 25.5 Å². The number of ketones is 1. The van der Waals surface area contributed by atoms with E-state index in [1.807, 2.05) is 25.1 Å². The van der Waals surface area contributed by atoms with Gasteiger partial charge < -0.3 is 14.4 Å². The maximum Gasteiger partial charge on any atom is 0.380 e. The first-order valence-corrected chi connectivity index (χ1v) is 10.6. The Morgan fingerprint density at radius 3 is 2.56 bits per heavy atom. The zero-order chi connectivity index (χ0) is 23.0. The maximum absolute atomic E-state index is 13.4. The second-order valence-electron chi connectivity index (χ2n) is 8.03. The first-order chi connectivity index (χ1) is 15.3. The number of carbonyl (C=O) groups is 3. The lowest BCUT2D eigenvalue weighted by Gasteiger charge is -2.44. The number of aromatic nitrogens is 1. The molecule has 32 heavy (non-hydrogen) atoms. The molecule has 1 aromatic carbocycles. The largest absolute Gasteiger partial charge is 0.475 e. The lowest BCUT2D eigenvalue weighted by Crippen LogP contribution is -2.57. The molecule has 1 aliphatic rings. The van der Waals surface area contributed by atoms with E-state index < -0.39 is 17.5 Å². The number of fused-ring (bicyclic) bond motifs is 1. The number of Topliss-reactive ketones (excluding diaryl/α,β-unsaturated/α-hetero) is 1. The monoisotopic (exact) mass is 455 g/mol. The van der Waals surface area contributed by atoms with E-state index in [0.29, 0.717) is 18.5 Å². The smallest absolute Gasteiger partial charge is 0.380 e. The molecule has 8 nitrogen and oxygen atoms in total. The molecule has 0 saturated carbocycles. The number of furan rings is 1. The zero-order valence-corrected chi connectivity index (χ0v) is 18.4. The predicted molar refractivity (Wildman–Crippen MR) is 118 cm³/mol. The molecule has 1 fully saturated rings. The van der Waals surface area contributed by atoms with Crippen molar-refractivity contribution in [1.82, 2.24) is 14.8 Å². The number of benzene rings is 1. The van der Waals surface area contributed by atoms with Crippen LogP contribution in [-0.4, -0.2) is 62.7 Å². The van der Waals surface area contributed by atoms with Crippen molar-refractivity contribution in [1.29, 1.82) is 0 Å². The number of carbonyl (C=O) groups excluding carboxylic acids is 2. The van der Waals surface area contributed by atoms with Gasteiger partial charge in [-0.2, -0.15) is 0 Å². The highest BCUT2D eigenvalue weighted by Gasteiger charge is 2.34. The van der Waals surface area contributed by atoms with Gasteiger partial charge in [0, 0.05) is 37.1 Å². The third-order valence-electron chi connectivity index (χ3n) is 5.73. The summed E-state index contributed by atoms with van der Waals surface area (Å²) in [5.41, 5.74) is 1.18. The van der Waals surface area contributed by atoms with Crippen LogP contribution in [0.3, 0.4) is 0 Å². The number of hydrogen-bond donors (Lipinski definition) is 1. The maximum atomic E-state index is 13.4. The van der Waals surface area contributed by atoms with Crippen LogP contribution in [-0.2, 0) is 11.3 Å². The molecule has 0 bridgehead atoms. The highest BCUT2D eigenvalue weighted by molar-refractivity contribution is 6.41. The predicted octanol–water partition coefficient (Wildman–Crippen LogP) is 3.48. The van der Waals surface area contributed by atoms with Crippen molar-refractivity contribution in [3.63, 3.8) is 0 Å². The molecule has 2 atom stereocenters. The summed E-state index contributed by atoms with van der Waals surface area (Å²) < 4.78 is 5.10. The Morgan fingerprint density at radius 1 is 1.16 bits per heavy atom. The number of hydrogen-bond acceptors (Lipinski definition) is 6. The van der Waals surface area contributed by atoms with Crippen LogP contribution in [0.1, 0.15) is 40.5 Å². The summed E-state index contributed by atoms with van der Waals surface area (Å²) in [4.78, 5) is 44.6. The van der Waals surface area contributed by atoms with Crippen molar-refractivity contribution in [3.05, 3.63) is 64.7 Å². The summed E-state index contributed by atoms with van der Waals surface area (Å²) in [6.07, 6.45) is 1.20. The van der Waals surface area contributed by atoms with Crippen LogP contribution in [0.15, 0.2) is 47.1 Å². The molecule has 2 aromatic heterocycles. The van der Waals surface area contributed by atoms with Crippen molar-refractivity contribution in [3.8, 4) is 0 Å². The number of piperazine rings is 1. The Labute approximate surface area is 189 Å². The van der Waals surface area contributed by atoms with Crippen LogP contribution in [0, 0.1) is 0 Å². The van der Waals surface area contributed by atoms with Crippen molar-refractivity contribution in [2.45, 2.75) is 32.5 Å². The van der Waals surface area contributed by atoms with Gasteiger partial charge in [-0.15, -0.1) is 0 Å². The van der Waals surface area contributed by atoms with E-state index in [9.17, 15) is 14.4 Å². The lowest BCUT2D eigenvalue weighted by molar-refractivity contribution is -0.131.